The molecule has 0 heterocycles. The normalized spacial score (nSPS) is 11.7. The van der Waals surface area contributed by atoms with E-state index in [1.54, 1.807) is 0 Å². The van der Waals surface area contributed by atoms with Gasteiger partial charge in [-0.3, -0.25) is 0 Å². The number of hydrogen-bond donors (Lipinski definition) is 2. The molecule has 0 saturated heterocycles. The van der Waals surface area contributed by atoms with Gasteiger partial charge in [0.05, 0.1) is 6.04 Å². The van der Waals surface area contributed by atoms with E-state index in [2.05, 4.69) is 10.6 Å². The number of urea groups is 1. The lowest BCUT2D eigenvalue weighted by Gasteiger charge is -2.15. The van der Waals surface area contributed by atoms with Crippen LogP contribution in [0.4, 0.5) is 10.5 Å². The smallest absolute Gasteiger partial charge is 0.319 e. The lowest BCUT2D eigenvalue weighted by atomic mass is 10.1. The molecule has 19 heavy (non-hydrogen) atoms. The molecule has 1 atom stereocenters. The molecule has 0 aromatic heterocycles. The van der Waals surface area contributed by atoms with Crippen molar-refractivity contribution in [2.45, 2.75) is 19.9 Å². The van der Waals surface area contributed by atoms with Gasteiger partial charge in [-0.2, -0.15) is 0 Å². The molecule has 2 amide bonds. The van der Waals surface area contributed by atoms with E-state index in [4.69, 9.17) is 0 Å². The van der Waals surface area contributed by atoms with Gasteiger partial charge in [0, 0.05) is 5.69 Å². The molecule has 0 bridgehead atoms. The minimum absolute atomic E-state index is 0.0222. The predicted octanol–water partition coefficient (Wildman–Crippen LogP) is 3.88. The summed E-state index contributed by atoms with van der Waals surface area (Å²) in [4.78, 5) is 11.9. The monoisotopic (exact) mass is 254 g/mol. The molecular weight excluding hydrogens is 236 g/mol. The predicted molar refractivity (Wildman–Crippen MR) is 78.2 cm³/mol. The third-order valence-electron chi connectivity index (χ3n) is 2.92. The number of aryl methyl sites for hydroxylation is 1. The van der Waals surface area contributed by atoms with E-state index < -0.39 is 0 Å². The highest BCUT2D eigenvalue weighted by atomic mass is 16.2. The Kier molecular flexibility index (Phi) is 4.18. The van der Waals surface area contributed by atoms with Gasteiger partial charge in [0.1, 0.15) is 0 Å². The fraction of sp³-hybridized carbons (Fsp3) is 0.188. The van der Waals surface area contributed by atoms with Gasteiger partial charge in [0.25, 0.3) is 0 Å². The van der Waals surface area contributed by atoms with Crippen LogP contribution in [0.25, 0.3) is 0 Å². The summed E-state index contributed by atoms with van der Waals surface area (Å²) in [5.74, 6) is 0. The zero-order valence-electron chi connectivity index (χ0n) is 11.2. The number of rotatable bonds is 3. The minimum atomic E-state index is -0.193. The summed E-state index contributed by atoms with van der Waals surface area (Å²) < 4.78 is 0. The molecule has 0 saturated carbocycles. The van der Waals surface area contributed by atoms with E-state index in [-0.39, 0.29) is 12.1 Å². The van der Waals surface area contributed by atoms with Crippen LogP contribution in [-0.2, 0) is 0 Å². The van der Waals surface area contributed by atoms with E-state index in [0.29, 0.717) is 0 Å². The molecule has 3 nitrogen and oxygen atoms in total. The first-order valence-corrected chi connectivity index (χ1v) is 6.34. The second-order valence-corrected chi connectivity index (χ2v) is 4.60. The molecule has 3 heteroatoms. The second-order valence-electron chi connectivity index (χ2n) is 4.60. The first kappa shape index (κ1) is 13.1. The van der Waals surface area contributed by atoms with Crippen molar-refractivity contribution in [3.8, 4) is 0 Å². The van der Waals surface area contributed by atoms with Crippen molar-refractivity contribution >= 4 is 11.7 Å². The van der Waals surface area contributed by atoms with Gasteiger partial charge in [-0.25, -0.2) is 4.79 Å². The maximum atomic E-state index is 11.9. The van der Waals surface area contributed by atoms with Crippen LogP contribution in [0.5, 0.6) is 0 Å². The first-order chi connectivity index (χ1) is 9.15. The van der Waals surface area contributed by atoms with E-state index in [1.807, 2.05) is 68.4 Å². The molecule has 0 radical (unpaired) electrons. The molecule has 2 aromatic carbocycles. The number of amides is 2. The lowest BCUT2D eigenvalue weighted by molar-refractivity contribution is 0.249. The number of carbonyl (C=O) groups excluding carboxylic acids is 1. The van der Waals surface area contributed by atoms with Crippen LogP contribution in [0.1, 0.15) is 24.1 Å². The quantitative estimate of drug-likeness (QED) is 0.857. The Bertz CT molecular complexity index is 552. The fourth-order valence-electron chi connectivity index (χ4n) is 1.91. The number of benzene rings is 2. The molecule has 0 aliphatic rings. The summed E-state index contributed by atoms with van der Waals surface area (Å²) >= 11 is 0. The molecular formula is C16H18N2O. The van der Waals surface area contributed by atoms with Gasteiger partial charge in [0.15, 0.2) is 0 Å². The Balaban J connectivity index is 1.95. The number of nitrogens with one attached hydrogen (secondary N) is 2. The van der Waals surface area contributed by atoms with Crippen molar-refractivity contribution in [2.75, 3.05) is 5.32 Å². The Morgan fingerprint density at radius 2 is 1.79 bits per heavy atom. The Morgan fingerprint density at radius 3 is 2.47 bits per heavy atom. The molecule has 2 rings (SSSR count). The molecule has 2 aromatic rings. The minimum Gasteiger partial charge on any atom is -0.331 e. The van der Waals surface area contributed by atoms with E-state index in [9.17, 15) is 4.79 Å². The third-order valence-corrected chi connectivity index (χ3v) is 2.92. The fourth-order valence-corrected chi connectivity index (χ4v) is 1.91. The molecule has 0 aliphatic carbocycles. The number of carbonyl (C=O) groups is 1. The van der Waals surface area contributed by atoms with Gasteiger partial charge in [-0.1, -0.05) is 42.5 Å². The maximum Gasteiger partial charge on any atom is 0.319 e. The van der Waals surface area contributed by atoms with Gasteiger partial charge in [0.2, 0.25) is 0 Å². The summed E-state index contributed by atoms with van der Waals surface area (Å²) in [5.41, 5.74) is 3.01. The zero-order chi connectivity index (χ0) is 13.7. The van der Waals surface area contributed by atoms with Gasteiger partial charge in [-0.05, 0) is 37.1 Å². The van der Waals surface area contributed by atoms with Crippen molar-refractivity contribution < 1.29 is 4.79 Å². The molecule has 2 N–H and O–H groups in total. The van der Waals surface area contributed by atoms with Crippen LogP contribution in [0.3, 0.4) is 0 Å². The second kappa shape index (κ2) is 6.05. The van der Waals surface area contributed by atoms with Gasteiger partial charge < -0.3 is 10.6 Å². The van der Waals surface area contributed by atoms with Crippen molar-refractivity contribution in [3.05, 3.63) is 65.7 Å². The first-order valence-electron chi connectivity index (χ1n) is 6.34. The van der Waals surface area contributed by atoms with Crippen LogP contribution in [-0.4, -0.2) is 6.03 Å². The van der Waals surface area contributed by atoms with Crippen molar-refractivity contribution in [1.82, 2.24) is 5.32 Å². The van der Waals surface area contributed by atoms with Crippen LogP contribution in [0.15, 0.2) is 54.6 Å². The van der Waals surface area contributed by atoms with E-state index >= 15 is 0 Å². The highest BCUT2D eigenvalue weighted by molar-refractivity contribution is 5.89. The molecule has 0 fully saturated rings. The third kappa shape index (κ3) is 3.85. The maximum absolute atomic E-state index is 11.9. The van der Waals surface area contributed by atoms with E-state index in [0.717, 1.165) is 16.8 Å². The summed E-state index contributed by atoms with van der Waals surface area (Å²) in [6.45, 7) is 3.96. The number of hydrogen-bond acceptors (Lipinski definition) is 1. The average Bonchev–Trinajstić information content (AvgIpc) is 2.39. The van der Waals surface area contributed by atoms with Crippen LogP contribution < -0.4 is 10.6 Å². The summed E-state index contributed by atoms with van der Waals surface area (Å²) in [7, 11) is 0. The number of anilines is 1. The Labute approximate surface area is 113 Å². The standard InChI is InChI=1S/C16H18N2O/c1-12-7-6-10-15(11-12)18-16(19)17-13(2)14-8-4-3-5-9-14/h3-11,13H,1-2H3,(H2,17,18,19)/t13-/m0/s1. The summed E-state index contributed by atoms with van der Waals surface area (Å²) in [5, 5.41) is 5.75. The molecule has 98 valence electrons. The molecule has 0 spiro atoms. The van der Waals surface area contributed by atoms with E-state index in [1.165, 1.54) is 0 Å². The van der Waals surface area contributed by atoms with Gasteiger partial charge in [-0.15, -0.1) is 0 Å². The zero-order valence-corrected chi connectivity index (χ0v) is 11.2. The summed E-state index contributed by atoms with van der Waals surface area (Å²) in [6, 6.07) is 17.4. The summed E-state index contributed by atoms with van der Waals surface area (Å²) in [6.07, 6.45) is 0. The lowest BCUT2D eigenvalue weighted by Crippen LogP contribution is -2.31. The van der Waals surface area contributed by atoms with Gasteiger partial charge >= 0.3 is 6.03 Å². The largest absolute Gasteiger partial charge is 0.331 e. The molecule has 0 aliphatic heterocycles. The van der Waals surface area contributed by atoms with Crippen LogP contribution >= 0.6 is 0 Å². The topological polar surface area (TPSA) is 41.1 Å². The van der Waals surface area contributed by atoms with Crippen molar-refractivity contribution in [2.24, 2.45) is 0 Å². The van der Waals surface area contributed by atoms with Crippen molar-refractivity contribution in [3.63, 3.8) is 0 Å². The Morgan fingerprint density at radius 1 is 1.05 bits per heavy atom. The SMILES string of the molecule is Cc1cccc(NC(=O)N[C@@H](C)c2ccccc2)c1. The highest BCUT2D eigenvalue weighted by Gasteiger charge is 2.08. The Hall–Kier alpha value is -2.29. The van der Waals surface area contributed by atoms with Crippen molar-refractivity contribution in [1.29, 1.82) is 0 Å². The van der Waals surface area contributed by atoms with Crippen LogP contribution in [0.2, 0.25) is 0 Å². The molecule has 0 unspecified atom stereocenters. The average molecular weight is 254 g/mol. The van der Waals surface area contributed by atoms with Crippen LogP contribution in [0, 0.1) is 6.92 Å². The highest BCUT2D eigenvalue weighted by Crippen LogP contribution is 2.13.